The number of aryl methyl sites for hydroxylation is 1. The van der Waals surface area contributed by atoms with Gasteiger partial charge in [-0.1, -0.05) is 42.1 Å². The minimum Gasteiger partial charge on any atom is -0.494 e. The number of hydrogen-bond donors (Lipinski definition) is 0. The summed E-state index contributed by atoms with van der Waals surface area (Å²) in [6.45, 7) is 2.63. The molecule has 5 nitrogen and oxygen atoms in total. The maximum absolute atomic E-state index is 5.58. The molecule has 0 fully saturated rings. The van der Waals surface area contributed by atoms with Crippen LogP contribution in [0.3, 0.4) is 0 Å². The fraction of sp³-hybridized carbons (Fsp3) is 0.174. The summed E-state index contributed by atoms with van der Waals surface area (Å²) in [6, 6.07) is 22.4. The van der Waals surface area contributed by atoms with Crippen molar-refractivity contribution >= 4 is 11.8 Å². The molecule has 6 heteroatoms. The summed E-state index contributed by atoms with van der Waals surface area (Å²) in [5.41, 5.74) is 3.31. The Morgan fingerprint density at radius 2 is 1.66 bits per heavy atom. The van der Waals surface area contributed by atoms with Crippen LogP contribution in [0, 0.1) is 0 Å². The molecule has 0 radical (unpaired) electrons. The van der Waals surface area contributed by atoms with Crippen LogP contribution in [0.1, 0.15) is 12.5 Å². The SMILES string of the molecule is CCOc1ccc(-n2c(SCCc3ccccc3)nnc2-c2ccncc2)cc1. The van der Waals surface area contributed by atoms with Crippen LogP contribution in [0.4, 0.5) is 0 Å². The van der Waals surface area contributed by atoms with Crippen LogP contribution in [0.5, 0.6) is 5.75 Å². The Morgan fingerprint density at radius 1 is 0.897 bits per heavy atom. The van der Waals surface area contributed by atoms with Gasteiger partial charge < -0.3 is 4.74 Å². The van der Waals surface area contributed by atoms with Gasteiger partial charge in [0.05, 0.1) is 6.61 Å². The van der Waals surface area contributed by atoms with E-state index in [4.69, 9.17) is 4.74 Å². The van der Waals surface area contributed by atoms with Crippen molar-refractivity contribution in [1.82, 2.24) is 19.7 Å². The van der Waals surface area contributed by atoms with Crippen LogP contribution in [0.25, 0.3) is 17.1 Å². The summed E-state index contributed by atoms with van der Waals surface area (Å²) in [5.74, 6) is 2.59. The summed E-state index contributed by atoms with van der Waals surface area (Å²) >= 11 is 1.71. The molecule has 4 aromatic rings. The number of ether oxygens (including phenoxy) is 1. The second-order valence-electron chi connectivity index (χ2n) is 6.39. The Bertz CT molecular complexity index is 1030. The normalized spacial score (nSPS) is 10.8. The molecule has 0 N–H and O–H groups in total. The van der Waals surface area contributed by atoms with Gasteiger partial charge in [-0.3, -0.25) is 9.55 Å². The van der Waals surface area contributed by atoms with Crippen molar-refractivity contribution in [3.8, 4) is 22.8 Å². The average Bonchev–Trinajstić information content (AvgIpc) is 3.20. The first kappa shape index (κ1) is 19.2. The zero-order chi connectivity index (χ0) is 19.9. The Kier molecular flexibility index (Phi) is 6.22. The van der Waals surface area contributed by atoms with Gasteiger partial charge in [0.1, 0.15) is 5.75 Å². The Hall–Kier alpha value is -3.12. The molecule has 0 unspecified atom stereocenters. The lowest BCUT2D eigenvalue weighted by Gasteiger charge is -2.11. The van der Waals surface area contributed by atoms with Crippen molar-refractivity contribution in [3.63, 3.8) is 0 Å². The predicted molar refractivity (Wildman–Crippen MR) is 117 cm³/mol. The second kappa shape index (κ2) is 9.39. The van der Waals surface area contributed by atoms with Gasteiger partial charge in [0.2, 0.25) is 0 Å². The van der Waals surface area contributed by atoms with Crippen LogP contribution >= 0.6 is 11.8 Å². The molecule has 0 aliphatic heterocycles. The molecular weight excluding hydrogens is 380 g/mol. The average molecular weight is 403 g/mol. The van der Waals surface area contributed by atoms with Crippen molar-refractivity contribution in [2.24, 2.45) is 0 Å². The molecule has 2 aromatic heterocycles. The van der Waals surface area contributed by atoms with Crippen LogP contribution in [-0.4, -0.2) is 32.1 Å². The first-order valence-electron chi connectivity index (χ1n) is 9.61. The van der Waals surface area contributed by atoms with E-state index in [-0.39, 0.29) is 0 Å². The van der Waals surface area contributed by atoms with Crippen LogP contribution < -0.4 is 4.74 Å². The molecule has 2 heterocycles. The standard InChI is InChI=1S/C23H22N4OS/c1-2-28-21-10-8-20(9-11-21)27-22(19-12-15-24-16-13-19)25-26-23(27)29-17-14-18-6-4-3-5-7-18/h3-13,15-16H,2,14,17H2,1H3. The second-order valence-corrected chi connectivity index (χ2v) is 7.45. The molecule has 0 spiro atoms. The van der Waals surface area contributed by atoms with E-state index in [0.29, 0.717) is 6.61 Å². The first-order chi connectivity index (χ1) is 14.3. The zero-order valence-electron chi connectivity index (χ0n) is 16.2. The van der Waals surface area contributed by atoms with E-state index in [1.54, 1.807) is 24.2 Å². The van der Waals surface area contributed by atoms with E-state index in [2.05, 4.69) is 44.0 Å². The fourth-order valence-corrected chi connectivity index (χ4v) is 3.99. The third-order valence-corrected chi connectivity index (χ3v) is 5.37. The highest BCUT2D eigenvalue weighted by atomic mass is 32.2. The Balaban J connectivity index is 1.63. The van der Waals surface area contributed by atoms with E-state index in [9.17, 15) is 0 Å². The number of pyridine rings is 1. The number of thioether (sulfide) groups is 1. The van der Waals surface area contributed by atoms with E-state index in [0.717, 1.165) is 40.2 Å². The van der Waals surface area contributed by atoms with Crippen molar-refractivity contribution in [2.45, 2.75) is 18.5 Å². The third-order valence-electron chi connectivity index (χ3n) is 4.44. The van der Waals surface area contributed by atoms with E-state index in [1.165, 1.54) is 5.56 Å². The van der Waals surface area contributed by atoms with Gasteiger partial charge in [0.15, 0.2) is 11.0 Å². The largest absolute Gasteiger partial charge is 0.494 e. The van der Waals surface area contributed by atoms with Gasteiger partial charge >= 0.3 is 0 Å². The van der Waals surface area contributed by atoms with Crippen molar-refractivity contribution in [1.29, 1.82) is 0 Å². The topological polar surface area (TPSA) is 52.8 Å². The van der Waals surface area contributed by atoms with Gasteiger partial charge in [0, 0.05) is 29.4 Å². The molecule has 0 aliphatic carbocycles. The maximum atomic E-state index is 5.58. The van der Waals surface area contributed by atoms with Gasteiger partial charge in [-0.25, -0.2) is 0 Å². The highest BCUT2D eigenvalue weighted by Crippen LogP contribution is 2.29. The summed E-state index contributed by atoms with van der Waals surface area (Å²) in [5, 5.41) is 9.84. The Labute approximate surface area is 174 Å². The van der Waals surface area contributed by atoms with E-state index >= 15 is 0 Å². The third kappa shape index (κ3) is 4.66. The minimum absolute atomic E-state index is 0.648. The molecule has 0 atom stereocenters. The molecular formula is C23H22N4OS. The monoisotopic (exact) mass is 402 g/mol. The van der Waals surface area contributed by atoms with Crippen LogP contribution in [0.2, 0.25) is 0 Å². The van der Waals surface area contributed by atoms with Crippen LogP contribution in [0.15, 0.2) is 84.3 Å². The molecule has 146 valence electrons. The first-order valence-corrected chi connectivity index (χ1v) is 10.6. The molecule has 0 saturated heterocycles. The fourth-order valence-electron chi connectivity index (χ4n) is 3.05. The smallest absolute Gasteiger partial charge is 0.196 e. The highest BCUT2D eigenvalue weighted by Gasteiger charge is 2.16. The maximum Gasteiger partial charge on any atom is 0.196 e. The number of nitrogens with zero attached hydrogens (tertiary/aromatic N) is 4. The molecule has 0 bridgehead atoms. The molecule has 4 rings (SSSR count). The lowest BCUT2D eigenvalue weighted by molar-refractivity contribution is 0.340. The number of benzene rings is 2. The summed E-state index contributed by atoms with van der Waals surface area (Å²) < 4.78 is 7.68. The van der Waals surface area contributed by atoms with Gasteiger partial charge in [-0.15, -0.1) is 10.2 Å². The number of rotatable bonds is 8. The lowest BCUT2D eigenvalue weighted by Crippen LogP contribution is -2.01. The molecule has 0 saturated carbocycles. The highest BCUT2D eigenvalue weighted by molar-refractivity contribution is 7.99. The number of hydrogen-bond acceptors (Lipinski definition) is 5. The van der Waals surface area contributed by atoms with E-state index in [1.807, 2.05) is 49.4 Å². The molecule has 0 amide bonds. The minimum atomic E-state index is 0.648. The number of aromatic nitrogens is 4. The summed E-state index contributed by atoms with van der Waals surface area (Å²) in [7, 11) is 0. The van der Waals surface area contributed by atoms with Gasteiger partial charge in [-0.2, -0.15) is 0 Å². The quantitative estimate of drug-likeness (QED) is 0.386. The van der Waals surface area contributed by atoms with Crippen molar-refractivity contribution < 1.29 is 4.74 Å². The van der Waals surface area contributed by atoms with Crippen LogP contribution in [-0.2, 0) is 6.42 Å². The van der Waals surface area contributed by atoms with Gasteiger partial charge in [-0.05, 0) is 55.3 Å². The molecule has 0 aliphatic rings. The molecule has 29 heavy (non-hydrogen) atoms. The summed E-state index contributed by atoms with van der Waals surface area (Å²) in [4.78, 5) is 4.12. The summed E-state index contributed by atoms with van der Waals surface area (Å²) in [6.07, 6.45) is 4.52. The van der Waals surface area contributed by atoms with Crippen molar-refractivity contribution in [3.05, 3.63) is 84.7 Å². The zero-order valence-corrected chi connectivity index (χ0v) is 17.0. The van der Waals surface area contributed by atoms with E-state index < -0.39 is 0 Å². The van der Waals surface area contributed by atoms with Crippen molar-refractivity contribution in [2.75, 3.05) is 12.4 Å². The lowest BCUT2D eigenvalue weighted by atomic mass is 10.2. The predicted octanol–water partition coefficient (Wildman–Crippen LogP) is 5.06. The Morgan fingerprint density at radius 3 is 2.38 bits per heavy atom. The van der Waals surface area contributed by atoms with Gasteiger partial charge in [0.25, 0.3) is 0 Å². The molecule has 2 aromatic carbocycles.